The van der Waals surface area contributed by atoms with Crippen molar-refractivity contribution in [1.29, 1.82) is 0 Å². The molecule has 2 rings (SSSR count). The second-order valence-electron chi connectivity index (χ2n) is 9.53. The van der Waals surface area contributed by atoms with Crippen molar-refractivity contribution >= 4 is 34.2 Å². The fourth-order valence-electron chi connectivity index (χ4n) is 5.35. The second-order valence-corrected chi connectivity index (χ2v) is 30.7. The van der Waals surface area contributed by atoms with Crippen LogP contribution in [0.15, 0.2) is 30.3 Å². The van der Waals surface area contributed by atoms with Crippen LogP contribution in [0, 0.1) is 0 Å². The molecular weight excluding hydrogens is 461 g/mol. The van der Waals surface area contributed by atoms with Crippen LogP contribution in [0.25, 0.3) is 17.2 Å². The number of benzene rings is 1. The number of unbranched alkanes of at least 4 members (excludes halogenated alkanes) is 4. The molecule has 1 aromatic heterocycles. The summed E-state index contributed by atoms with van der Waals surface area (Å²) in [5.74, 6) is 0. The summed E-state index contributed by atoms with van der Waals surface area (Å²) in [4.78, 5) is 0. The molecule has 0 saturated carbocycles. The Morgan fingerprint density at radius 1 is 0.793 bits per heavy atom. The average molecular weight is 505 g/mol. The molecule has 2 aromatic rings. The van der Waals surface area contributed by atoms with Crippen molar-refractivity contribution in [3.05, 3.63) is 30.3 Å². The normalized spacial score (nSPS) is 13.9. The molecule has 3 nitrogen and oxygen atoms in total. The van der Waals surface area contributed by atoms with E-state index in [0.29, 0.717) is 0 Å². The first-order chi connectivity index (χ1) is 14.1. The molecule has 0 bridgehead atoms. The van der Waals surface area contributed by atoms with E-state index in [-0.39, 0.29) is 0 Å². The molecule has 0 fully saturated rings. The predicted octanol–water partition coefficient (Wildman–Crippen LogP) is 8.51. The van der Waals surface area contributed by atoms with E-state index in [0.717, 1.165) is 11.0 Å². The van der Waals surface area contributed by atoms with Gasteiger partial charge in [-0.05, 0) is 0 Å². The van der Waals surface area contributed by atoms with Crippen LogP contribution in [-0.2, 0) is 0 Å². The molecule has 1 heterocycles. The minimum absolute atomic E-state index is 0.982. The Balaban J connectivity index is 2.36. The molecule has 0 spiro atoms. The topological polar surface area (TPSA) is 30.7 Å². The van der Waals surface area contributed by atoms with E-state index >= 15 is 0 Å². The van der Waals surface area contributed by atoms with Crippen LogP contribution in [0.5, 0.6) is 0 Å². The Kier molecular flexibility index (Phi) is 10.2. The zero-order valence-corrected chi connectivity index (χ0v) is 22.4. The summed E-state index contributed by atoms with van der Waals surface area (Å²) in [5.41, 5.74) is 2.10. The summed E-state index contributed by atoms with van der Waals surface area (Å²) >= 11 is -2.88. The minimum atomic E-state index is -2.88. The molecule has 0 radical (unpaired) electrons. The molecule has 0 aliphatic carbocycles. The molecule has 29 heavy (non-hydrogen) atoms. The monoisotopic (exact) mass is 506 g/mol. The molecule has 0 saturated heterocycles. The molecule has 0 unspecified atom stereocenters. The third-order valence-electron chi connectivity index (χ3n) is 7.27. The Bertz CT molecular complexity index is 706. The first kappa shape index (κ1) is 24.4. The quantitative estimate of drug-likeness (QED) is 0.227. The third kappa shape index (κ3) is 6.57. The van der Waals surface area contributed by atoms with Gasteiger partial charge < -0.3 is 0 Å². The molecule has 1 aromatic carbocycles. The number of hydrogen-bond acceptors (Lipinski definition) is 2. The van der Waals surface area contributed by atoms with Gasteiger partial charge in [-0.2, -0.15) is 0 Å². The molecule has 164 valence electrons. The molecule has 0 atom stereocenters. The number of allylic oxidation sites excluding steroid dienone is 1. The van der Waals surface area contributed by atoms with E-state index in [1.54, 1.807) is 17.7 Å². The van der Waals surface area contributed by atoms with Crippen LogP contribution in [0.4, 0.5) is 0 Å². The van der Waals surface area contributed by atoms with Crippen LogP contribution in [-0.4, -0.2) is 32.0 Å². The molecule has 0 aliphatic rings. The fourth-order valence-corrected chi connectivity index (χ4v) is 29.6. The van der Waals surface area contributed by atoms with Gasteiger partial charge in [0.25, 0.3) is 0 Å². The number of hydrogen-bond donors (Lipinski definition) is 0. The maximum absolute atomic E-state index is 4.39. The van der Waals surface area contributed by atoms with Crippen LogP contribution in [0.1, 0.15) is 79.1 Å². The van der Waals surface area contributed by atoms with Gasteiger partial charge in [0.15, 0.2) is 0 Å². The number of fused-ring (bicyclic) bond motifs is 1. The Hall–Kier alpha value is -0.841. The standard InChI is InChI=1S/C9H8N3.4C4H9.Sn/c1-2-7-12-9-6-4-3-5-8(9)10-11-12;4*1-3-4-2;/h2-7H,1H2;4*1,3-4H2,2H3;/q;;;;;-1/b7-2-;;;;;. The van der Waals surface area contributed by atoms with Gasteiger partial charge in [0.2, 0.25) is 0 Å². The van der Waals surface area contributed by atoms with Crippen molar-refractivity contribution < 1.29 is 0 Å². The Morgan fingerprint density at radius 2 is 1.31 bits per heavy atom. The fraction of sp³-hybridized carbons (Fsp3) is 0.680. The van der Waals surface area contributed by atoms with Crippen molar-refractivity contribution in [3.63, 3.8) is 0 Å². The summed E-state index contributed by atoms with van der Waals surface area (Å²) < 4.78 is 9.63. The van der Waals surface area contributed by atoms with E-state index in [1.807, 2.05) is 16.8 Å². The van der Waals surface area contributed by atoms with Gasteiger partial charge in [-0.1, -0.05) is 0 Å². The SMILES string of the molecule is CCC[CH2][Sn-]([CH2]/C=C\n1nnc2ccccc21)([CH2]CCC)([CH2]CCC)[CH2]CCC. The Morgan fingerprint density at radius 3 is 1.83 bits per heavy atom. The second kappa shape index (κ2) is 12.1. The molecular formula is C25H44N3Sn-. The third-order valence-corrected chi connectivity index (χ3v) is 31.4. The van der Waals surface area contributed by atoms with E-state index in [9.17, 15) is 0 Å². The van der Waals surface area contributed by atoms with Crippen molar-refractivity contribution in [1.82, 2.24) is 15.0 Å². The predicted molar refractivity (Wildman–Crippen MR) is 132 cm³/mol. The van der Waals surface area contributed by atoms with E-state index in [4.69, 9.17) is 0 Å². The van der Waals surface area contributed by atoms with Gasteiger partial charge in [-0.3, -0.25) is 0 Å². The first-order valence-electron chi connectivity index (χ1n) is 12.3. The average Bonchev–Trinajstić information content (AvgIpc) is 3.17. The zero-order valence-electron chi connectivity index (χ0n) is 19.5. The molecule has 0 N–H and O–H groups in total. The number of rotatable bonds is 15. The van der Waals surface area contributed by atoms with Crippen molar-refractivity contribution in [2.75, 3.05) is 0 Å². The first-order valence-corrected chi connectivity index (χ1v) is 22.4. The summed E-state index contributed by atoms with van der Waals surface area (Å²) in [5, 5.41) is 8.72. The van der Waals surface area contributed by atoms with Crippen molar-refractivity contribution in [3.8, 4) is 0 Å². The van der Waals surface area contributed by atoms with Crippen LogP contribution in [0.2, 0.25) is 22.2 Å². The van der Waals surface area contributed by atoms with Gasteiger partial charge in [-0.15, -0.1) is 0 Å². The summed E-state index contributed by atoms with van der Waals surface area (Å²) in [6, 6.07) is 8.27. The van der Waals surface area contributed by atoms with Crippen LogP contribution < -0.4 is 0 Å². The summed E-state index contributed by atoms with van der Waals surface area (Å²) in [7, 11) is 0. The number of para-hydroxylation sites is 1. The molecule has 0 aliphatic heterocycles. The summed E-state index contributed by atoms with van der Waals surface area (Å²) in [6.45, 7) is 9.50. The summed E-state index contributed by atoms with van der Waals surface area (Å²) in [6.07, 6.45) is 15.8. The molecule has 4 heteroatoms. The van der Waals surface area contributed by atoms with Crippen molar-refractivity contribution in [2.24, 2.45) is 0 Å². The van der Waals surface area contributed by atoms with Crippen molar-refractivity contribution in [2.45, 2.75) is 101 Å². The van der Waals surface area contributed by atoms with Gasteiger partial charge >= 0.3 is 181 Å². The maximum atomic E-state index is 4.39. The molecule has 0 amide bonds. The van der Waals surface area contributed by atoms with Gasteiger partial charge in [0.1, 0.15) is 0 Å². The number of aromatic nitrogens is 3. The van der Waals surface area contributed by atoms with Crippen LogP contribution in [0.3, 0.4) is 0 Å². The van der Waals surface area contributed by atoms with E-state index in [2.05, 4.69) is 62.4 Å². The van der Waals surface area contributed by atoms with Gasteiger partial charge in [0.05, 0.1) is 0 Å². The Labute approximate surface area is 180 Å². The van der Waals surface area contributed by atoms with E-state index in [1.165, 1.54) is 55.8 Å². The van der Waals surface area contributed by atoms with Gasteiger partial charge in [-0.25, -0.2) is 0 Å². The van der Waals surface area contributed by atoms with Gasteiger partial charge in [0, 0.05) is 0 Å². The van der Waals surface area contributed by atoms with E-state index < -0.39 is 17.0 Å². The zero-order chi connectivity index (χ0) is 21.0. The van der Waals surface area contributed by atoms with Crippen LogP contribution >= 0.6 is 0 Å². The number of nitrogens with zero attached hydrogens (tertiary/aromatic N) is 3.